The van der Waals surface area contributed by atoms with Crippen LogP contribution in [0.4, 0.5) is 5.69 Å². The van der Waals surface area contributed by atoms with E-state index in [0.717, 1.165) is 30.1 Å². The molecule has 0 spiro atoms. The zero-order valence-electron chi connectivity index (χ0n) is 14.2. The highest BCUT2D eigenvalue weighted by atomic mass is 35.5. The molecule has 130 valence electrons. The maximum Gasteiger partial charge on any atom is 0.238 e. The van der Waals surface area contributed by atoms with Gasteiger partial charge in [-0.25, -0.2) is 0 Å². The number of hydrogen-bond donors (Lipinski definition) is 1. The van der Waals surface area contributed by atoms with Gasteiger partial charge in [-0.05, 0) is 30.8 Å². The van der Waals surface area contributed by atoms with E-state index in [2.05, 4.69) is 24.1 Å². The first-order valence-corrected chi connectivity index (χ1v) is 8.00. The van der Waals surface area contributed by atoms with Gasteiger partial charge in [0.05, 0.1) is 6.54 Å². The number of carbonyl (C=O) groups is 1. The van der Waals surface area contributed by atoms with Crippen LogP contribution >= 0.6 is 12.4 Å². The Morgan fingerprint density at radius 3 is 2.42 bits per heavy atom. The minimum atomic E-state index is -0.00564. The number of anilines is 1. The molecule has 5 heteroatoms. The Kier molecular flexibility index (Phi) is 8.90. The van der Waals surface area contributed by atoms with Gasteiger partial charge in [0.15, 0.2) is 0 Å². The van der Waals surface area contributed by atoms with Gasteiger partial charge in [-0.1, -0.05) is 50.2 Å². The average Bonchev–Trinajstić information content (AvgIpc) is 2.59. The molecular weight excluding hydrogens is 324 g/mol. The van der Waals surface area contributed by atoms with Gasteiger partial charge >= 0.3 is 0 Å². The summed E-state index contributed by atoms with van der Waals surface area (Å²) in [5.41, 5.74) is 1.87. The van der Waals surface area contributed by atoms with E-state index < -0.39 is 0 Å². The molecule has 2 aromatic rings. The largest absolute Gasteiger partial charge is 0.489 e. The van der Waals surface area contributed by atoms with Crippen LogP contribution in [0, 0.1) is 0 Å². The van der Waals surface area contributed by atoms with E-state index in [1.807, 2.05) is 54.6 Å². The molecule has 2 rings (SSSR count). The lowest BCUT2D eigenvalue weighted by molar-refractivity contribution is -0.117. The van der Waals surface area contributed by atoms with E-state index in [1.54, 1.807) is 0 Å². The normalized spacial score (nSPS) is 10.1. The van der Waals surface area contributed by atoms with Crippen molar-refractivity contribution >= 4 is 24.0 Å². The van der Waals surface area contributed by atoms with Crippen molar-refractivity contribution in [2.24, 2.45) is 0 Å². The van der Waals surface area contributed by atoms with Crippen LogP contribution in [-0.2, 0) is 11.4 Å². The number of nitrogens with zero attached hydrogens (tertiary/aromatic N) is 1. The lowest BCUT2D eigenvalue weighted by Gasteiger charge is -2.17. The Morgan fingerprint density at radius 1 is 1.04 bits per heavy atom. The Hall–Kier alpha value is -2.04. The smallest absolute Gasteiger partial charge is 0.238 e. The van der Waals surface area contributed by atoms with E-state index in [0.29, 0.717) is 13.2 Å². The molecule has 0 aliphatic carbocycles. The fraction of sp³-hybridized carbons (Fsp3) is 0.316. The maximum absolute atomic E-state index is 12.0. The molecule has 0 radical (unpaired) electrons. The molecule has 0 heterocycles. The molecule has 0 saturated heterocycles. The highest BCUT2D eigenvalue weighted by Gasteiger charge is 2.08. The van der Waals surface area contributed by atoms with Crippen LogP contribution in [0.1, 0.15) is 19.4 Å². The number of benzene rings is 2. The summed E-state index contributed by atoms with van der Waals surface area (Å²) >= 11 is 0. The zero-order valence-corrected chi connectivity index (χ0v) is 15.0. The summed E-state index contributed by atoms with van der Waals surface area (Å²) in [6.07, 6.45) is 0. The fourth-order valence-corrected chi connectivity index (χ4v) is 2.26. The third-order valence-corrected chi connectivity index (χ3v) is 3.63. The second-order valence-corrected chi connectivity index (χ2v) is 5.31. The molecule has 0 atom stereocenters. The molecule has 1 N–H and O–H groups in total. The van der Waals surface area contributed by atoms with Crippen LogP contribution in [0.25, 0.3) is 0 Å². The molecule has 0 fully saturated rings. The molecule has 0 aromatic heterocycles. The van der Waals surface area contributed by atoms with Crippen molar-refractivity contribution in [1.82, 2.24) is 4.90 Å². The summed E-state index contributed by atoms with van der Waals surface area (Å²) in [6.45, 7) is 6.75. The lowest BCUT2D eigenvalue weighted by Crippen LogP contribution is -2.32. The van der Waals surface area contributed by atoms with Crippen LogP contribution in [-0.4, -0.2) is 30.4 Å². The van der Waals surface area contributed by atoms with Gasteiger partial charge in [0.2, 0.25) is 5.91 Å². The SMILES string of the molecule is CCN(CC)CC(=O)Nc1cccc(OCc2ccccc2)c1.Cl. The first-order chi connectivity index (χ1) is 11.2. The van der Waals surface area contributed by atoms with Crippen LogP contribution in [0.15, 0.2) is 54.6 Å². The van der Waals surface area contributed by atoms with Crippen molar-refractivity contribution in [2.45, 2.75) is 20.5 Å². The molecule has 24 heavy (non-hydrogen) atoms. The molecule has 0 aliphatic rings. The zero-order chi connectivity index (χ0) is 16.5. The summed E-state index contributed by atoms with van der Waals surface area (Å²) in [5.74, 6) is 0.739. The molecule has 1 amide bonds. The van der Waals surface area contributed by atoms with Crippen molar-refractivity contribution in [1.29, 1.82) is 0 Å². The quantitative estimate of drug-likeness (QED) is 0.784. The number of halogens is 1. The Bertz CT molecular complexity index is 616. The summed E-state index contributed by atoms with van der Waals surface area (Å²) in [6, 6.07) is 17.5. The van der Waals surface area contributed by atoms with Gasteiger partial charge in [0.25, 0.3) is 0 Å². The molecule has 0 aliphatic heterocycles. The molecule has 0 unspecified atom stereocenters. The Balaban J connectivity index is 0.00000288. The first-order valence-electron chi connectivity index (χ1n) is 8.00. The fourth-order valence-electron chi connectivity index (χ4n) is 2.26. The van der Waals surface area contributed by atoms with Crippen LogP contribution in [0.3, 0.4) is 0 Å². The van der Waals surface area contributed by atoms with Crippen molar-refractivity contribution in [3.63, 3.8) is 0 Å². The number of amides is 1. The van der Waals surface area contributed by atoms with E-state index in [9.17, 15) is 4.79 Å². The Morgan fingerprint density at radius 2 is 1.75 bits per heavy atom. The second-order valence-electron chi connectivity index (χ2n) is 5.31. The minimum Gasteiger partial charge on any atom is -0.489 e. The van der Waals surface area contributed by atoms with Crippen molar-refractivity contribution in [2.75, 3.05) is 25.0 Å². The van der Waals surface area contributed by atoms with Crippen LogP contribution < -0.4 is 10.1 Å². The van der Waals surface area contributed by atoms with Crippen molar-refractivity contribution in [3.8, 4) is 5.75 Å². The van der Waals surface area contributed by atoms with Crippen molar-refractivity contribution < 1.29 is 9.53 Å². The van der Waals surface area contributed by atoms with E-state index in [4.69, 9.17) is 4.74 Å². The predicted molar refractivity (Wildman–Crippen MR) is 101 cm³/mol. The molecule has 0 saturated carbocycles. The highest BCUT2D eigenvalue weighted by molar-refractivity contribution is 5.92. The van der Waals surface area contributed by atoms with Gasteiger partial charge in [-0.15, -0.1) is 12.4 Å². The summed E-state index contributed by atoms with van der Waals surface area (Å²) in [5, 5.41) is 2.92. The summed E-state index contributed by atoms with van der Waals surface area (Å²) in [7, 11) is 0. The predicted octanol–water partition coefficient (Wildman–Crippen LogP) is 3.97. The van der Waals surface area contributed by atoms with E-state index >= 15 is 0 Å². The number of carbonyl (C=O) groups excluding carboxylic acids is 1. The third-order valence-electron chi connectivity index (χ3n) is 3.63. The number of rotatable bonds is 8. The standard InChI is InChI=1S/C19H24N2O2.ClH/c1-3-21(4-2)14-19(22)20-17-11-8-12-18(13-17)23-15-16-9-6-5-7-10-16;/h5-13H,3-4,14-15H2,1-2H3,(H,20,22);1H. The highest BCUT2D eigenvalue weighted by Crippen LogP contribution is 2.18. The molecule has 2 aromatic carbocycles. The molecule has 0 bridgehead atoms. The van der Waals surface area contributed by atoms with E-state index in [1.165, 1.54) is 0 Å². The maximum atomic E-state index is 12.0. The topological polar surface area (TPSA) is 41.6 Å². The van der Waals surface area contributed by atoms with Gasteiger partial charge in [-0.3, -0.25) is 9.69 Å². The monoisotopic (exact) mass is 348 g/mol. The van der Waals surface area contributed by atoms with E-state index in [-0.39, 0.29) is 18.3 Å². The minimum absolute atomic E-state index is 0. The summed E-state index contributed by atoms with van der Waals surface area (Å²) < 4.78 is 5.78. The van der Waals surface area contributed by atoms with Gasteiger partial charge in [0, 0.05) is 11.8 Å². The average molecular weight is 349 g/mol. The van der Waals surface area contributed by atoms with Gasteiger partial charge < -0.3 is 10.1 Å². The first kappa shape index (κ1) is 20.0. The molecule has 4 nitrogen and oxygen atoms in total. The van der Waals surface area contributed by atoms with Gasteiger partial charge in [-0.2, -0.15) is 0 Å². The third kappa shape index (κ3) is 6.60. The van der Waals surface area contributed by atoms with Crippen LogP contribution in [0.2, 0.25) is 0 Å². The van der Waals surface area contributed by atoms with Crippen molar-refractivity contribution in [3.05, 3.63) is 60.2 Å². The van der Waals surface area contributed by atoms with Crippen LogP contribution in [0.5, 0.6) is 5.75 Å². The number of nitrogens with one attached hydrogen (secondary N) is 1. The summed E-state index contributed by atoms with van der Waals surface area (Å²) in [4.78, 5) is 14.1. The number of hydrogen-bond acceptors (Lipinski definition) is 3. The lowest BCUT2D eigenvalue weighted by atomic mass is 10.2. The van der Waals surface area contributed by atoms with Gasteiger partial charge in [0.1, 0.15) is 12.4 Å². The Labute approximate surface area is 150 Å². The molecular formula is C19H25ClN2O2. The number of likely N-dealkylation sites (N-methyl/N-ethyl adjacent to an activating group) is 1. The number of ether oxygens (including phenoxy) is 1. The second kappa shape index (κ2) is 10.7.